The molecule has 4 nitrogen and oxygen atoms in total. The van der Waals surface area contributed by atoms with E-state index in [1.165, 1.54) is 15.6 Å². The first kappa shape index (κ1) is 24.4. The van der Waals surface area contributed by atoms with Crippen molar-refractivity contribution in [2.45, 2.75) is 33.6 Å². The number of rotatable bonds is 8. The summed E-state index contributed by atoms with van der Waals surface area (Å²) in [6.45, 7) is 12.9. The fourth-order valence-corrected chi connectivity index (χ4v) is 5.10. The summed E-state index contributed by atoms with van der Waals surface area (Å²) in [6, 6.07) is 18.9. The molecule has 1 heterocycles. The molecule has 4 rings (SSSR count). The van der Waals surface area contributed by atoms with E-state index < -0.39 is 5.97 Å². The molecule has 0 bridgehead atoms. The standard InChI is InChI=1S/C30H28O4S/c1-18(2)29(31)33-16-6-7-21-8-10-22(11-9-21)23-12-13-24-25-14-15-26(34-30(32)19(3)4)20(5)28(25)35-27(24)17-23/h8-15,17H,1,3,6-7,16H2,2,4-5H3. The number of carbonyl (C=O) groups excluding carboxylic acids is 2. The maximum Gasteiger partial charge on any atom is 0.338 e. The summed E-state index contributed by atoms with van der Waals surface area (Å²) in [5, 5.41) is 2.35. The minimum absolute atomic E-state index is 0.337. The van der Waals surface area contributed by atoms with Crippen LogP contribution in [0.4, 0.5) is 0 Å². The molecule has 5 heteroatoms. The van der Waals surface area contributed by atoms with E-state index in [1.807, 2.05) is 19.1 Å². The molecule has 35 heavy (non-hydrogen) atoms. The van der Waals surface area contributed by atoms with Gasteiger partial charge in [-0.1, -0.05) is 49.6 Å². The van der Waals surface area contributed by atoms with Crippen LogP contribution in [-0.2, 0) is 20.7 Å². The average Bonchev–Trinajstić information content (AvgIpc) is 3.22. The van der Waals surface area contributed by atoms with Crippen molar-refractivity contribution < 1.29 is 19.1 Å². The number of esters is 2. The van der Waals surface area contributed by atoms with Gasteiger partial charge < -0.3 is 9.47 Å². The molecule has 3 aromatic carbocycles. The van der Waals surface area contributed by atoms with Crippen molar-refractivity contribution >= 4 is 43.4 Å². The SMILES string of the molecule is C=C(C)C(=O)OCCCc1ccc(-c2ccc3c(c2)sc2c(C)c(OC(=O)C(=C)C)ccc23)cc1. The second-order valence-corrected chi connectivity index (χ2v) is 9.82. The normalized spacial score (nSPS) is 10.9. The van der Waals surface area contributed by atoms with Gasteiger partial charge in [-0.05, 0) is 68.5 Å². The van der Waals surface area contributed by atoms with Crippen molar-refractivity contribution in [3.63, 3.8) is 0 Å². The van der Waals surface area contributed by atoms with E-state index in [0.717, 1.165) is 39.6 Å². The predicted octanol–water partition coefficient (Wildman–Crippen LogP) is 7.56. The molecule has 0 fully saturated rings. The number of aryl methyl sites for hydroxylation is 2. The summed E-state index contributed by atoms with van der Waals surface area (Å²) in [5.74, 6) is -0.175. The third-order valence-corrected chi connectivity index (χ3v) is 7.16. The first-order chi connectivity index (χ1) is 16.7. The van der Waals surface area contributed by atoms with Gasteiger partial charge in [0.1, 0.15) is 5.75 Å². The van der Waals surface area contributed by atoms with Gasteiger partial charge in [-0.15, -0.1) is 11.3 Å². The zero-order chi connectivity index (χ0) is 25.1. The van der Waals surface area contributed by atoms with E-state index in [9.17, 15) is 9.59 Å². The second-order valence-electron chi connectivity index (χ2n) is 8.76. The van der Waals surface area contributed by atoms with Crippen LogP contribution in [0.2, 0.25) is 0 Å². The van der Waals surface area contributed by atoms with Crippen LogP contribution in [0.1, 0.15) is 31.4 Å². The van der Waals surface area contributed by atoms with E-state index in [2.05, 4.69) is 55.6 Å². The van der Waals surface area contributed by atoms with Gasteiger partial charge in [0.2, 0.25) is 0 Å². The fourth-order valence-electron chi connectivity index (χ4n) is 3.86. The van der Waals surface area contributed by atoms with E-state index in [0.29, 0.717) is 23.5 Å². The lowest BCUT2D eigenvalue weighted by molar-refractivity contribution is -0.139. The Kier molecular flexibility index (Phi) is 7.17. The Morgan fingerprint density at radius 3 is 2.20 bits per heavy atom. The summed E-state index contributed by atoms with van der Waals surface area (Å²) < 4.78 is 13.0. The Bertz CT molecular complexity index is 1460. The first-order valence-corrected chi connectivity index (χ1v) is 12.3. The molecular formula is C30H28O4S. The number of benzene rings is 3. The second kappa shape index (κ2) is 10.3. The number of hydrogen-bond acceptors (Lipinski definition) is 5. The van der Waals surface area contributed by atoms with E-state index in [4.69, 9.17) is 9.47 Å². The van der Waals surface area contributed by atoms with Crippen molar-refractivity contribution in [3.05, 3.63) is 90.0 Å². The summed E-state index contributed by atoms with van der Waals surface area (Å²) in [7, 11) is 0. The molecule has 0 amide bonds. The van der Waals surface area contributed by atoms with Crippen LogP contribution in [0.15, 0.2) is 78.9 Å². The van der Waals surface area contributed by atoms with Crippen LogP contribution in [0.3, 0.4) is 0 Å². The molecule has 0 aliphatic heterocycles. The predicted molar refractivity (Wildman–Crippen MR) is 144 cm³/mol. The van der Waals surface area contributed by atoms with Gasteiger partial charge >= 0.3 is 11.9 Å². The summed E-state index contributed by atoms with van der Waals surface area (Å²) in [6.07, 6.45) is 1.62. The third kappa shape index (κ3) is 5.36. The molecule has 1 aromatic heterocycles. The lowest BCUT2D eigenvalue weighted by Crippen LogP contribution is -2.08. The Balaban J connectivity index is 1.52. The first-order valence-electron chi connectivity index (χ1n) is 11.5. The van der Waals surface area contributed by atoms with E-state index in [1.54, 1.807) is 25.2 Å². The fraction of sp³-hybridized carbons (Fsp3) is 0.200. The quantitative estimate of drug-likeness (QED) is 0.112. The average molecular weight is 485 g/mol. The van der Waals surface area contributed by atoms with Crippen LogP contribution in [0, 0.1) is 6.92 Å². The molecule has 0 N–H and O–H groups in total. The molecule has 0 radical (unpaired) electrons. The Morgan fingerprint density at radius 2 is 1.51 bits per heavy atom. The molecule has 0 saturated heterocycles. The highest BCUT2D eigenvalue weighted by atomic mass is 32.1. The van der Waals surface area contributed by atoms with Crippen molar-refractivity contribution in [2.24, 2.45) is 0 Å². The van der Waals surface area contributed by atoms with E-state index in [-0.39, 0.29) is 5.97 Å². The molecule has 0 spiro atoms. The maximum atomic E-state index is 12.0. The minimum atomic E-state index is -0.410. The maximum absolute atomic E-state index is 12.0. The molecule has 0 saturated carbocycles. The van der Waals surface area contributed by atoms with Crippen LogP contribution in [0.5, 0.6) is 5.75 Å². The number of thiophene rings is 1. The third-order valence-electron chi connectivity index (χ3n) is 5.87. The molecule has 0 aliphatic carbocycles. The summed E-state index contributed by atoms with van der Waals surface area (Å²) in [4.78, 5) is 23.4. The Morgan fingerprint density at radius 1 is 0.857 bits per heavy atom. The lowest BCUT2D eigenvalue weighted by Gasteiger charge is -2.07. The van der Waals surface area contributed by atoms with Gasteiger partial charge in [0.15, 0.2) is 0 Å². The molecule has 0 aliphatic rings. The van der Waals surface area contributed by atoms with Crippen LogP contribution in [0.25, 0.3) is 31.3 Å². The van der Waals surface area contributed by atoms with Crippen molar-refractivity contribution in [1.82, 2.24) is 0 Å². The number of ether oxygens (including phenoxy) is 2. The molecule has 0 atom stereocenters. The highest BCUT2D eigenvalue weighted by Crippen LogP contribution is 2.40. The van der Waals surface area contributed by atoms with Gasteiger partial charge in [0.25, 0.3) is 0 Å². The van der Waals surface area contributed by atoms with Crippen molar-refractivity contribution in [3.8, 4) is 16.9 Å². The minimum Gasteiger partial charge on any atom is -0.462 e. The molecular weight excluding hydrogens is 456 g/mol. The smallest absolute Gasteiger partial charge is 0.338 e. The number of fused-ring (bicyclic) bond motifs is 3. The Labute approximate surface area is 209 Å². The van der Waals surface area contributed by atoms with E-state index >= 15 is 0 Å². The molecule has 178 valence electrons. The highest BCUT2D eigenvalue weighted by molar-refractivity contribution is 7.26. The largest absolute Gasteiger partial charge is 0.462 e. The van der Waals surface area contributed by atoms with Gasteiger partial charge in [0.05, 0.1) is 6.61 Å². The van der Waals surface area contributed by atoms with Crippen molar-refractivity contribution in [1.29, 1.82) is 0 Å². The highest BCUT2D eigenvalue weighted by Gasteiger charge is 2.14. The van der Waals surface area contributed by atoms with Crippen LogP contribution >= 0.6 is 11.3 Å². The van der Waals surface area contributed by atoms with Gasteiger partial charge in [-0.2, -0.15) is 0 Å². The van der Waals surface area contributed by atoms with Crippen LogP contribution in [-0.4, -0.2) is 18.5 Å². The van der Waals surface area contributed by atoms with Gasteiger partial charge in [-0.3, -0.25) is 0 Å². The number of hydrogen-bond donors (Lipinski definition) is 0. The van der Waals surface area contributed by atoms with Gasteiger partial charge in [0, 0.05) is 36.9 Å². The lowest BCUT2D eigenvalue weighted by atomic mass is 10.0. The number of carbonyl (C=O) groups is 2. The zero-order valence-corrected chi connectivity index (χ0v) is 21.1. The molecule has 0 unspecified atom stereocenters. The summed E-state index contributed by atoms with van der Waals surface area (Å²) in [5.41, 5.74) is 5.26. The van der Waals surface area contributed by atoms with Crippen molar-refractivity contribution in [2.75, 3.05) is 6.61 Å². The van der Waals surface area contributed by atoms with Gasteiger partial charge in [-0.25, -0.2) is 9.59 Å². The Hall–Kier alpha value is -3.70. The summed E-state index contributed by atoms with van der Waals surface area (Å²) >= 11 is 1.71. The molecule has 4 aromatic rings. The topological polar surface area (TPSA) is 52.6 Å². The van der Waals surface area contributed by atoms with Crippen LogP contribution < -0.4 is 4.74 Å². The monoisotopic (exact) mass is 484 g/mol. The zero-order valence-electron chi connectivity index (χ0n) is 20.3.